The van der Waals surface area contributed by atoms with Gasteiger partial charge in [-0.25, -0.2) is 4.68 Å². The number of hydrogen-bond acceptors (Lipinski definition) is 5. The molecule has 1 fully saturated rings. The van der Waals surface area contributed by atoms with Crippen molar-refractivity contribution in [2.75, 3.05) is 26.2 Å². The lowest BCUT2D eigenvalue weighted by Crippen LogP contribution is -2.60. The number of carbonyl (C=O) groups is 2. The first-order chi connectivity index (χ1) is 13.4. The molecule has 1 aliphatic heterocycles. The quantitative estimate of drug-likeness (QED) is 0.744. The van der Waals surface area contributed by atoms with E-state index < -0.39 is 11.9 Å². The zero-order valence-electron chi connectivity index (χ0n) is 16.0. The minimum absolute atomic E-state index is 0.143. The van der Waals surface area contributed by atoms with Gasteiger partial charge in [0.05, 0.1) is 5.69 Å². The molecule has 28 heavy (non-hydrogen) atoms. The van der Waals surface area contributed by atoms with Gasteiger partial charge in [0.15, 0.2) is 0 Å². The van der Waals surface area contributed by atoms with Crippen molar-refractivity contribution in [3.05, 3.63) is 64.1 Å². The van der Waals surface area contributed by atoms with E-state index in [1.807, 2.05) is 35.2 Å². The zero-order chi connectivity index (χ0) is 20.1. The van der Waals surface area contributed by atoms with Gasteiger partial charge in [0.25, 0.3) is 5.56 Å². The second-order valence-corrected chi connectivity index (χ2v) is 7.00. The molecular formula is C20H25N5O3. The summed E-state index contributed by atoms with van der Waals surface area (Å²) in [6, 6.07) is 12.5. The average Bonchev–Trinajstić information content (AvgIpc) is 2.69. The zero-order valence-corrected chi connectivity index (χ0v) is 16.0. The van der Waals surface area contributed by atoms with E-state index in [9.17, 15) is 14.4 Å². The predicted octanol–water partition coefficient (Wildman–Crippen LogP) is -0.207. The Hall–Kier alpha value is -3.00. The van der Waals surface area contributed by atoms with Crippen LogP contribution in [-0.4, -0.2) is 63.6 Å². The van der Waals surface area contributed by atoms with Crippen LogP contribution in [-0.2, 0) is 22.6 Å². The monoisotopic (exact) mass is 383 g/mol. The molecule has 1 saturated heterocycles. The van der Waals surface area contributed by atoms with Crippen molar-refractivity contribution in [1.29, 1.82) is 0 Å². The van der Waals surface area contributed by atoms with Gasteiger partial charge in [0.1, 0.15) is 12.6 Å². The maximum Gasteiger partial charge on any atom is 0.267 e. The summed E-state index contributed by atoms with van der Waals surface area (Å²) in [6.07, 6.45) is 0.807. The van der Waals surface area contributed by atoms with Gasteiger partial charge in [-0.05, 0) is 25.0 Å². The van der Waals surface area contributed by atoms with Crippen LogP contribution in [0.4, 0.5) is 0 Å². The Morgan fingerprint density at radius 2 is 1.89 bits per heavy atom. The molecule has 1 aromatic carbocycles. The van der Waals surface area contributed by atoms with Crippen LogP contribution >= 0.6 is 0 Å². The molecule has 0 saturated carbocycles. The van der Waals surface area contributed by atoms with E-state index in [2.05, 4.69) is 5.10 Å². The fraction of sp³-hybridized carbons (Fsp3) is 0.400. The number of carbonyl (C=O) groups excluding carboxylic acids is 2. The number of nitrogens with two attached hydrogens (primary N) is 1. The van der Waals surface area contributed by atoms with E-state index in [1.165, 1.54) is 11.6 Å². The van der Waals surface area contributed by atoms with E-state index in [0.29, 0.717) is 25.3 Å². The number of rotatable bonds is 6. The fourth-order valence-electron chi connectivity index (χ4n) is 3.39. The van der Waals surface area contributed by atoms with E-state index in [1.54, 1.807) is 17.9 Å². The molecule has 2 amide bonds. The van der Waals surface area contributed by atoms with Gasteiger partial charge in [0, 0.05) is 32.2 Å². The summed E-state index contributed by atoms with van der Waals surface area (Å²) in [5.74, 6) is -0.689. The maximum absolute atomic E-state index is 12.6. The Morgan fingerprint density at radius 1 is 1.14 bits per heavy atom. The second kappa shape index (κ2) is 8.79. The third kappa shape index (κ3) is 4.83. The van der Waals surface area contributed by atoms with E-state index in [4.69, 9.17) is 5.73 Å². The Balaban J connectivity index is 1.63. The summed E-state index contributed by atoms with van der Waals surface area (Å²) < 4.78 is 1.15. The number of amides is 2. The Kier molecular flexibility index (Phi) is 6.20. The molecular weight excluding hydrogens is 358 g/mol. The van der Waals surface area contributed by atoms with E-state index in [0.717, 1.165) is 11.1 Å². The highest BCUT2D eigenvalue weighted by Crippen LogP contribution is 2.12. The first-order valence-electron chi connectivity index (χ1n) is 9.34. The highest BCUT2D eigenvalue weighted by atomic mass is 16.2. The van der Waals surface area contributed by atoms with Crippen molar-refractivity contribution in [2.45, 2.75) is 25.9 Å². The number of aromatic nitrogens is 2. The Morgan fingerprint density at radius 3 is 2.61 bits per heavy atom. The molecule has 0 bridgehead atoms. The first kappa shape index (κ1) is 19.8. The van der Waals surface area contributed by atoms with Gasteiger partial charge < -0.3 is 10.6 Å². The molecule has 1 atom stereocenters. The highest BCUT2D eigenvalue weighted by molar-refractivity contribution is 5.82. The third-order valence-electron chi connectivity index (χ3n) is 4.99. The number of benzene rings is 1. The second-order valence-electron chi connectivity index (χ2n) is 7.00. The minimum Gasteiger partial charge on any atom is -0.368 e. The number of piperazine rings is 1. The molecule has 3 rings (SSSR count). The molecule has 2 heterocycles. The van der Waals surface area contributed by atoms with Gasteiger partial charge in [-0.3, -0.25) is 19.3 Å². The van der Waals surface area contributed by atoms with Crippen LogP contribution in [0.1, 0.15) is 11.3 Å². The normalized spacial score (nSPS) is 17.5. The number of nitrogens with zero attached hydrogens (tertiary/aromatic N) is 4. The van der Waals surface area contributed by atoms with Crippen molar-refractivity contribution in [3.8, 4) is 0 Å². The van der Waals surface area contributed by atoms with Crippen molar-refractivity contribution in [2.24, 2.45) is 5.73 Å². The van der Waals surface area contributed by atoms with Crippen molar-refractivity contribution in [3.63, 3.8) is 0 Å². The number of hydrogen-bond donors (Lipinski definition) is 1. The van der Waals surface area contributed by atoms with Gasteiger partial charge in [-0.15, -0.1) is 0 Å². The van der Waals surface area contributed by atoms with E-state index in [-0.39, 0.29) is 24.6 Å². The molecule has 2 aromatic rings. The Bertz CT molecular complexity index is 896. The standard InChI is InChI=1S/C20H25N5O3/c1-15-7-8-18(26)25(22-15)14-19(27)24-12-11-23(17(13-24)20(21)28)10-9-16-5-3-2-4-6-16/h2-8,17H,9-14H2,1H3,(H2,21,28)/t17-/m1/s1. The topological polar surface area (TPSA) is 102 Å². The van der Waals surface area contributed by atoms with Crippen LogP contribution in [0.2, 0.25) is 0 Å². The smallest absolute Gasteiger partial charge is 0.267 e. The fourth-order valence-corrected chi connectivity index (χ4v) is 3.39. The van der Waals surface area contributed by atoms with Crippen LogP contribution in [0.5, 0.6) is 0 Å². The highest BCUT2D eigenvalue weighted by Gasteiger charge is 2.32. The van der Waals surface area contributed by atoms with Crippen LogP contribution in [0.15, 0.2) is 47.3 Å². The molecule has 8 heteroatoms. The third-order valence-corrected chi connectivity index (χ3v) is 4.99. The van der Waals surface area contributed by atoms with Gasteiger partial charge in [0.2, 0.25) is 11.8 Å². The minimum atomic E-state index is -0.538. The summed E-state index contributed by atoms with van der Waals surface area (Å²) in [5.41, 5.74) is 7.12. The summed E-state index contributed by atoms with van der Waals surface area (Å²) in [4.78, 5) is 40.1. The lowest BCUT2D eigenvalue weighted by molar-refractivity contribution is -0.137. The maximum atomic E-state index is 12.6. The molecule has 8 nitrogen and oxygen atoms in total. The predicted molar refractivity (Wildman–Crippen MR) is 105 cm³/mol. The van der Waals surface area contributed by atoms with Gasteiger partial charge in [-0.1, -0.05) is 30.3 Å². The molecule has 2 N–H and O–H groups in total. The molecule has 0 aliphatic carbocycles. The lowest BCUT2D eigenvalue weighted by atomic mass is 10.1. The summed E-state index contributed by atoms with van der Waals surface area (Å²) in [7, 11) is 0. The van der Waals surface area contributed by atoms with Gasteiger partial charge in [-0.2, -0.15) is 5.10 Å². The summed E-state index contributed by atoms with van der Waals surface area (Å²) >= 11 is 0. The summed E-state index contributed by atoms with van der Waals surface area (Å²) in [6.45, 7) is 3.58. The van der Waals surface area contributed by atoms with Crippen molar-refractivity contribution < 1.29 is 9.59 Å². The van der Waals surface area contributed by atoms with Gasteiger partial charge >= 0.3 is 0 Å². The number of aryl methyl sites for hydroxylation is 1. The molecule has 0 radical (unpaired) electrons. The average molecular weight is 383 g/mol. The van der Waals surface area contributed by atoms with Crippen molar-refractivity contribution >= 4 is 11.8 Å². The first-order valence-corrected chi connectivity index (χ1v) is 9.34. The van der Waals surface area contributed by atoms with E-state index >= 15 is 0 Å². The van der Waals surface area contributed by atoms with Crippen molar-refractivity contribution in [1.82, 2.24) is 19.6 Å². The van der Waals surface area contributed by atoms with Crippen LogP contribution in [0.25, 0.3) is 0 Å². The van der Waals surface area contributed by atoms with Crippen LogP contribution in [0, 0.1) is 6.92 Å². The molecule has 1 aliphatic rings. The summed E-state index contributed by atoms with van der Waals surface area (Å²) in [5, 5.41) is 4.09. The SMILES string of the molecule is Cc1ccc(=O)n(CC(=O)N2CCN(CCc3ccccc3)[C@@H](C(N)=O)C2)n1. The molecule has 148 valence electrons. The Labute approximate surface area is 163 Å². The largest absolute Gasteiger partial charge is 0.368 e. The lowest BCUT2D eigenvalue weighted by Gasteiger charge is -2.40. The van der Waals surface area contributed by atoms with Crippen LogP contribution in [0.3, 0.4) is 0 Å². The van der Waals surface area contributed by atoms with Crippen LogP contribution < -0.4 is 11.3 Å². The number of primary amides is 1. The molecule has 1 aromatic heterocycles. The molecule has 0 spiro atoms. The molecule has 0 unspecified atom stereocenters.